The number of hydrogen-bond acceptors (Lipinski definition) is 8. The van der Waals surface area contributed by atoms with Gasteiger partial charge >= 0.3 is 11.9 Å². The molecule has 0 bridgehead atoms. The first kappa shape index (κ1) is 26.9. The van der Waals surface area contributed by atoms with E-state index in [1.54, 1.807) is 50.2 Å². The van der Waals surface area contributed by atoms with E-state index in [2.05, 4.69) is 5.32 Å². The molecule has 0 saturated carbocycles. The predicted octanol–water partition coefficient (Wildman–Crippen LogP) is 6.41. The van der Waals surface area contributed by atoms with Crippen LogP contribution < -0.4 is 11.1 Å². The van der Waals surface area contributed by atoms with Gasteiger partial charge in [0.25, 0.3) is 0 Å². The van der Waals surface area contributed by atoms with Crippen LogP contribution in [0.5, 0.6) is 0 Å². The van der Waals surface area contributed by atoms with Gasteiger partial charge < -0.3 is 20.5 Å². The van der Waals surface area contributed by atoms with Gasteiger partial charge in [0.15, 0.2) is 0 Å². The van der Waals surface area contributed by atoms with Crippen LogP contribution >= 0.6 is 11.3 Å². The molecule has 3 aromatic carbocycles. The smallest absolute Gasteiger partial charge is 0.337 e. The van der Waals surface area contributed by atoms with Crippen molar-refractivity contribution in [3.8, 4) is 11.1 Å². The van der Waals surface area contributed by atoms with E-state index in [-0.39, 0.29) is 12.4 Å². The van der Waals surface area contributed by atoms with Gasteiger partial charge in [0.1, 0.15) is 4.88 Å². The van der Waals surface area contributed by atoms with E-state index < -0.39 is 17.9 Å². The number of methoxy groups -OCH3 is 1. The van der Waals surface area contributed by atoms with Gasteiger partial charge in [0, 0.05) is 22.7 Å². The highest BCUT2D eigenvalue weighted by Gasteiger charge is 2.38. The Bertz CT molecular complexity index is 1620. The average molecular weight is 553 g/mol. The highest BCUT2D eigenvalue weighted by Crippen LogP contribution is 2.50. The van der Waals surface area contributed by atoms with Crippen LogP contribution in [0.15, 0.2) is 90.1 Å². The van der Waals surface area contributed by atoms with E-state index in [4.69, 9.17) is 15.2 Å². The SMILES string of the molecule is CCOC(=O)C1=C(C)Nc2sc(C(=O)c3ccc(-c4ccccc4)cc3)c(N)c2[C@@H]1c1ccc(C(=O)OC)cc1. The maximum Gasteiger partial charge on any atom is 0.337 e. The number of ketones is 1. The monoisotopic (exact) mass is 552 g/mol. The third-order valence-electron chi connectivity index (χ3n) is 6.89. The van der Waals surface area contributed by atoms with Gasteiger partial charge in [-0.05, 0) is 42.7 Å². The number of allylic oxidation sites excluding steroid dienone is 1. The molecule has 40 heavy (non-hydrogen) atoms. The van der Waals surface area contributed by atoms with Gasteiger partial charge in [-0.2, -0.15) is 0 Å². The zero-order valence-electron chi connectivity index (χ0n) is 22.3. The molecule has 0 unspecified atom stereocenters. The Kier molecular flexibility index (Phi) is 7.53. The average Bonchev–Trinajstić information content (AvgIpc) is 3.31. The molecule has 1 atom stereocenters. The predicted molar refractivity (Wildman–Crippen MR) is 157 cm³/mol. The quantitative estimate of drug-likeness (QED) is 0.201. The van der Waals surface area contributed by atoms with Gasteiger partial charge in [-0.3, -0.25) is 4.79 Å². The second-order valence-corrected chi connectivity index (χ2v) is 10.3. The first-order valence-electron chi connectivity index (χ1n) is 12.8. The van der Waals surface area contributed by atoms with Gasteiger partial charge in [0.05, 0.1) is 35.5 Å². The van der Waals surface area contributed by atoms with Crippen molar-refractivity contribution >= 4 is 39.7 Å². The molecule has 7 nitrogen and oxygen atoms in total. The molecule has 1 aliphatic rings. The minimum atomic E-state index is -0.597. The summed E-state index contributed by atoms with van der Waals surface area (Å²) in [4.78, 5) is 39.2. The van der Waals surface area contributed by atoms with Crippen LogP contribution in [0.4, 0.5) is 10.7 Å². The minimum Gasteiger partial charge on any atom is -0.465 e. The summed E-state index contributed by atoms with van der Waals surface area (Å²) >= 11 is 1.26. The summed E-state index contributed by atoms with van der Waals surface area (Å²) in [7, 11) is 1.32. The van der Waals surface area contributed by atoms with E-state index >= 15 is 0 Å². The third kappa shape index (κ3) is 4.89. The molecule has 1 aromatic heterocycles. The van der Waals surface area contributed by atoms with Crippen LogP contribution in [0.3, 0.4) is 0 Å². The van der Waals surface area contributed by atoms with E-state index in [9.17, 15) is 14.4 Å². The standard InChI is InChI=1S/C32H28N2O5S/c1-4-39-32(37)24-18(2)34-30-26(25(24)21-12-16-23(17-13-21)31(36)38-3)27(33)29(40-30)28(35)22-14-10-20(11-15-22)19-8-6-5-7-9-19/h5-17,25,34H,4,33H2,1-3H3/t25-/m1/s1. The van der Waals surface area contributed by atoms with Crippen LogP contribution in [0.25, 0.3) is 11.1 Å². The van der Waals surface area contributed by atoms with Crippen molar-refractivity contribution in [2.45, 2.75) is 19.8 Å². The van der Waals surface area contributed by atoms with Gasteiger partial charge in [-0.1, -0.05) is 66.7 Å². The number of anilines is 2. The Hall–Kier alpha value is -4.69. The number of hydrogen-bond donors (Lipinski definition) is 2. The first-order valence-corrected chi connectivity index (χ1v) is 13.6. The van der Waals surface area contributed by atoms with Gasteiger partial charge in [0.2, 0.25) is 5.78 Å². The molecule has 0 saturated heterocycles. The number of nitrogens with two attached hydrogens (primary N) is 1. The fraction of sp³-hybridized carbons (Fsp3) is 0.156. The van der Waals surface area contributed by atoms with Crippen molar-refractivity contribution in [3.63, 3.8) is 0 Å². The number of fused-ring (bicyclic) bond motifs is 1. The Labute approximate surface area is 236 Å². The van der Waals surface area contributed by atoms with Crippen molar-refractivity contribution < 1.29 is 23.9 Å². The molecule has 0 aliphatic carbocycles. The highest BCUT2D eigenvalue weighted by atomic mass is 32.1. The van der Waals surface area contributed by atoms with Crippen LogP contribution in [-0.4, -0.2) is 31.4 Å². The van der Waals surface area contributed by atoms with Crippen LogP contribution in [0.2, 0.25) is 0 Å². The van der Waals surface area contributed by atoms with Crippen molar-refractivity contribution in [3.05, 3.63) is 117 Å². The second kappa shape index (κ2) is 11.2. The molecular formula is C32H28N2O5S. The Morgan fingerprint density at radius 2 is 1.50 bits per heavy atom. The van der Waals surface area contributed by atoms with Gasteiger partial charge in [-0.15, -0.1) is 11.3 Å². The number of nitrogens with one attached hydrogen (secondary N) is 1. The molecule has 3 N–H and O–H groups in total. The molecule has 202 valence electrons. The van der Waals surface area contributed by atoms with Crippen LogP contribution in [-0.2, 0) is 14.3 Å². The number of nitrogen functional groups attached to an aromatic ring is 1. The Balaban J connectivity index is 1.56. The fourth-order valence-electron chi connectivity index (χ4n) is 4.92. The van der Waals surface area contributed by atoms with Gasteiger partial charge in [-0.25, -0.2) is 9.59 Å². The maximum absolute atomic E-state index is 13.7. The number of benzene rings is 3. The first-order chi connectivity index (χ1) is 19.3. The lowest BCUT2D eigenvalue weighted by Crippen LogP contribution is -2.24. The second-order valence-electron chi connectivity index (χ2n) is 9.29. The summed E-state index contributed by atoms with van der Waals surface area (Å²) in [5, 5.41) is 3.97. The summed E-state index contributed by atoms with van der Waals surface area (Å²) < 4.78 is 10.2. The van der Waals surface area contributed by atoms with E-state index in [0.717, 1.165) is 16.7 Å². The summed E-state index contributed by atoms with van der Waals surface area (Å²) in [6.07, 6.45) is 0. The fourth-order valence-corrected chi connectivity index (χ4v) is 6.10. The number of esters is 2. The zero-order chi connectivity index (χ0) is 28.4. The topological polar surface area (TPSA) is 108 Å². The van der Waals surface area contributed by atoms with Crippen molar-refractivity contribution in [2.75, 3.05) is 24.8 Å². The molecule has 8 heteroatoms. The zero-order valence-corrected chi connectivity index (χ0v) is 23.1. The van der Waals surface area contributed by atoms with Crippen molar-refractivity contribution in [2.24, 2.45) is 0 Å². The molecule has 1 aliphatic heterocycles. The molecule has 0 amide bonds. The molecule has 4 aromatic rings. The number of carbonyl (C=O) groups excluding carboxylic acids is 3. The summed E-state index contributed by atoms with van der Waals surface area (Å²) in [5.41, 5.74) is 12.3. The molecular weight excluding hydrogens is 524 g/mol. The lowest BCUT2D eigenvalue weighted by atomic mass is 9.81. The highest BCUT2D eigenvalue weighted by molar-refractivity contribution is 7.19. The Morgan fingerprint density at radius 3 is 2.12 bits per heavy atom. The molecule has 0 spiro atoms. The third-order valence-corrected chi connectivity index (χ3v) is 8.02. The minimum absolute atomic E-state index is 0.201. The largest absolute Gasteiger partial charge is 0.465 e. The van der Waals surface area contributed by atoms with Crippen LogP contribution in [0.1, 0.15) is 56.5 Å². The lowest BCUT2D eigenvalue weighted by molar-refractivity contribution is -0.138. The summed E-state index contributed by atoms with van der Waals surface area (Å²) in [6, 6.07) is 24.2. The van der Waals surface area contributed by atoms with Crippen molar-refractivity contribution in [1.29, 1.82) is 0 Å². The van der Waals surface area contributed by atoms with E-state index in [1.807, 2.05) is 42.5 Å². The number of carbonyl (C=O) groups is 3. The molecule has 5 rings (SSSR count). The van der Waals surface area contributed by atoms with E-state index in [0.29, 0.717) is 43.5 Å². The number of ether oxygens (including phenoxy) is 2. The maximum atomic E-state index is 13.7. The summed E-state index contributed by atoms with van der Waals surface area (Å²) in [5.74, 6) is -1.74. The van der Waals surface area contributed by atoms with Crippen LogP contribution in [0, 0.1) is 0 Å². The summed E-state index contributed by atoms with van der Waals surface area (Å²) in [6.45, 7) is 3.75. The molecule has 0 fully saturated rings. The normalized spacial score (nSPS) is 14.2. The lowest BCUT2D eigenvalue weighted by Gasteiger charge is -2.28. The number of rotatable bonds is 7. The number of thiophene rings is 1. The van der Waals surface area contributed by atoms with E-state index in [1.165, 1.54) is 18.4 Å². The molecule has 0 radical (unpaired) electrons. The molecule has 2 heterocycles. The van der Waals surface area contributed by atoms with Crippen molar-refractivity contribution in [1.82, 2.24) is 0 Å². The Morgan fingerprint density at radius 1 is 0.875 bits per heavy atom.